The van der Waals surface area contributed by atoms with Gasteiger partial charge in [-0.05, 0) is 59.1 Å². The van der Waals surface area contributed by atoms with Gasteiger partial charge >= 0.3 is 5.97 Å². The number of carbonyl (C=O) groups is 3. The number of carbonyl (C=O) groups excluding carboxylic acids is 3. The molecule has 0 saturated carbocycles. The summed E-state index contributed by atoms with van der Waals surface area (Å²) in [5.74, 6) is -0.735. The summed E-state index contributed by atoms with van der Waals surface area (Å²) in [7, 11) is 0. The lowest BCUT2D eigenvalue weighted by Crippen LogP contribution is -2.34. The maximum absolute atomic E-state index is 13.0. The van der Waals surface area contributed by atoms with Crippen molar-refractivity contribution in [2.24, 2.45) is 5.92 Å². The van der Waals surface area contributed by atoms with Gasteiger partial charge in [0, 0.05) is 0 Å². The molecule has 0 bridgehead atoms. The van der Waals surface area contributed by atoms with E-state index in [0.29, 0.717) is 11.3 Å². The van der Waals surface area contributed by atoms with E-state index in [2.05, 4.69) is 0 Å². The molecule has 0 atom stereocenters. The molecule has 8 heteroatoms. The van der Waals surface area contributed by atoms with Crippen LogP contribution in [0.5, 0.6) is 5.75 Å². The van der Waals surface area contributed by atoms with Crippen molar-refractivity contribution in [2.75, 3.05) is 13.2 Å². The van der Waals surface area contributed by atoms with Crippen LogP contribution in [0.3, 0.4) is 0 Å². The summed E-state index contributed by atoms with van der Waals surface area (Å²) >= 11 is 0.775. The molecule has 1 heterocycles. The molecular weight excluding hydrogens is 421 g/mol. The Morgan fingerprint density at radius 2 is 1.90 bits per heavy atom. The van der Waals surface area contributed by atoms with E-state index in [4.69, 9.17) is 9.47 Å². The third-order valence-electron chi connectivity index (χ3n) is 4.21. The average molecular weight is 443 g/mol. The van der Waals surface area contributed by atoms with Crippen LogP contribution in [0.25, 0.3) is 6.08 Å². The number of ether oxygens (including phenoxy) is 2. The lowest BCUT2D eigenvalue weighted by Gasteiger charge is -2.12. The molecule has 1 fully saturated rings. The highest BCUT2D eigenvalue weighted by atomic mass is 32.2. The predicted octanol–water partition coefficient (Wildman–Crippen LogP) is 4.64. The van der Waals surface area contributed by atoms with E-state index < -0.39 is 23.7 Å². The number of thioether (sulfide) groups is 1. The number of hydrogen-bond acceptors (Lipinski definition) is 6. The number of hydrogen-bond donors (Lipinski definition) is 0. The van der Waals surface area contributed by atoms with Crippen LogP contribution in [-0.4, -0.2) is 35.2 Å². The molecule has 0 aromatic heterocycles. The van der Waals surface area contributed by atoms with Crippen molar-refractivity contribution < 1.29 is 28.2 Å². The van der Waals surface area contributed by atoms with Crippen molar-refractivity contribution in [2.45, 2.75) is 20.5 Å². The first-order valence-electron chi connectivity index (χ1n) is 9.70. The number of benzene rings is 2. The number of nitrogens with zero attached hydrogens (tertiary/aromatic N) is 1. The van der Waals surface area contributed by atoms with Gasteiger partial charge in [-0.2, -0.15) is 0 Å². The molecule has 0 radical (unpaired) electrons. The van der Waals surface area contributed by atoms with Crippen molar-refractivity contribution in [3.8, 4) is 5.75 Å². The highest BCUT2D eigenvalue weighted by Crippen LogP contribution is 2.32. The van der Waals surface area contributed by atoms with E-state index in [0.717, 1.165) is 22.2 Å². The fourth-order valence-corrected chi connectivity index (χ4v) is 3.50. The van der Waals surface area contributed by atoms with Crippen LogP contribution in [-0.2, 0) is 20.9 Å². The monoisotopic (exact) mass is 443 g/mol. The zero-order valence-electron chi connectivity index (χ0n) is 17.2. The van der Waals surface area contributed by atoms with Crippen LogP contribution in [0.2, 0.25) is 0 Å². The Labute approximate surface area is 184 Å². The smallest absolute Gasteiger partial charge is 0.326 e. The summed E-state index contributed by atoms with van der Waals surface area (Å²) in [6.07, 6.45) is 1.58. The quantitative estimate of drug-likeness (QED) is 0.437. The molecule has 2 aromatic rings. The molecule has 162 valence electrons. The van der Waals surface area contributed by atoms with Crippen LogP contribution in [0.1, 0.15) is 25.0 Å². The largest absolute Gasteiger partial charge is 0.489 e. The van der Waals surface area contributed by atoms with Gasteiger partial charge in [-0.25, -0.2) is 4.39 Å². The van der Waals surface area contributed by atoms with Crippen LogP contribution in [0, 0.1) is 11.7 Å². The fourth-order valence-electron chi connectivity index (χ4n) is 2.66. The number of esters is 1. The summed E-state index contributed by atoms with van der Waals surface area (Å²) in [5, 5.41) is -0.513. The Kier molecular flexibility index (Phi) is 7.46. The van der Waals surface area contributed by atoms with Gasteiger partial charge in [0.1, 0.15) is 24.7 Å². The maximum Gasteiger partial charge on any atom is 0.326 e. The molecule has 0 N–H and O–H groups in total. The molecule has 0 unspecified atom stereocenters. The first-order chi connectivity index (χ1) is 14.8. The Balaban J connectivity index is 1.64. The van der Waals surface area contributed by atoms with Gasteiger partial charge in [-0.3, -0.25) is 19.3 Å². The van der Waals surface area contributed by atoms with Gasteiger partial charge in [0.05, 0.1) is 11.5 Å². The third kappa shape index (κ3) is 6.42. The standard InChI is InChI=1S/C23H22FNO5S/c1-15(2)13-30-21(26)12-25-22(27)20(31-23(25)28)11-17-4-3-5-19(10-17)29-14-16-6-8-18(24)9-7-16/h3-11,15H,12-14H2,1-2H3/b20-11+. The van der Waals surface area contributed by atoms with E-state index in [1.54, 1.807) is 42.5 Å². The summed E-state index contributed by atoms with van der Waals surface area (Å²) in [4.78, 5) is 37.7. The van der Waals surface area contributed by atoms with Crippen molar-refractivity contribution in [1.82, 2.24) is 4.90 Å². The van der Waals surface area contributed by atoms with Gasteiger partial charge in [0.15, 0.2) is 0 Å². The molecule has 3 rings (SSSR count). The van der Waals surface area contributed by atoms with E-state index in [-0.39, 0.29) is 29.9 Å². The number of imide groups is 1. The normalized spacial score (nSPS) is 15.1. The topological polar surface area (TPSA) is 72.9 Å². The van der Waals surface area contributed by atoms with Gasteiger partial charge < -0.3 is 9.47 Å². The summed E-state index contributed by atoms with van der Waals surface area (Å²) in [5.41, 5.74) is 1.49. The summed E-state index contributed by atoms with van der Waals surface area (Å²) < 4.78 is 23.8. The van der Waals surface area contributed by atoms with Gasteiger partial charge in [-0.1, -0.05) is 38.1 Å². The molecule has 0 spiro atoms. The second kappa shape index (κ2) is 10.3. The van der Waals surface area contributed by atoms with Crippen molar-refractivity contribution >= 4 is 35.0 Å². The second-order valence-electron chi connectivity index (χ2n) is 7.33. The Hall–Kier alpha value is -3.13. The van der Waals surface area contributed by atoms with Crippen LogP contribution >= 0.6 is 11.8 Å². The minimum Gasteiger partial charge on any atom is -0.489 e. The molecule has 1 saturated heterocycles. The zero-order valence-corrected chi connectivity index (χ0v) is 18.0. The van der Waals surface area contributed by atoms with Crippen LogP contribution in [0.15, 0.2) is 53.4 Å². The lowest BCUT2D eigenvalue weighted by atomic mass is 10.2. The lowest BCUT2D eigenvalue weighted by molar-refractivity contribution is -0.147. The highest BCUT2D eigenvalue weighted by molar-refractivity contribution is 8.18. The number of halogens is 1. The number of rotatable bonds is 8. The Morgan fingerprint density at radius 3 is 2.61 bits per heavy atom. The molecule has 1 aliphatic rings. The van der Waals surface area contributed by atoms with E-state index in [1.165, 1.54) is 12.1 Å². The average Bonchev–Trinajstić information content (AvgIpc) is 2.99. The molecule has 0 aliphatic carbocycles. The fraction of sp³-hybridized carbons (Fsp3) is 0.261. The Bertz CT molecular complexity index is 1000. The first kappa shape index (κ1) is 22.6. The van der Waals surface area contributed by atoms with Gasteiger partial charge in [0.2, 0.25) is 0 Å². The molecule has 31 heavy (non-hydrogen) atoms. The predicted molar refractivity (Wildman–Crippen MR) is 116 cm³/mol. The number of amides is 2. The molecule has 6 nitrogen and oxygen atoms in total. The van der Waals surface area contributed by atoms with Crippen LogP contribution < -0.4 is 4.74 Å². The Morgan fingerprint density at radius 1 is 1.16 bits per heavy atom. The van der Waals surface area contributed by atoms with Gasteiger partial charge in [0.25, 0.3) is 11.1 Å². The van der Waals surface area contributed by atoms with Gasteiger partial charge in [-0.15, -0.1) is 0 Å². The third-order valence-corrected chi connectivity index (χ3v) is 5.12. The van der Waals surface area contributed by atoms with Crippen molar-refractivity contribution in [1.29, 1.82) is 0 Å². The molecule has 2 amide bonds. The summed E-state index contributed by atoms with van der Waals surface area (Å²) in [6, 6.07) is 13.0. The van der Waals surface area contributed by atoms with E-state index in [1.807, 2.05) is 13.8 Å². The highest BCUT2D eigenvalue weighted by Gasteiger charge is 2.36. The molecular formula is C23H22FNO5S. The first-order valence-corrected chi connectivity index (χ1v) is 10.5. The van der Waals surface area contributed by atoms with E-state index >= 15 is 0 Å². The van der Waals surface area contributed by atoms with Crippen molar-refractivity contribution in [3.63, 3.8) is 0 Å². The molecule has 2 aromatic carbocycles. The SMILES string of the molecule is CC(C)COC(=O)CN1C(=O)S/C(=C/c2cccc(OCc3ccc(F)cc3)c2)C1=O. The van der Waals surface area contributed by atoms with E-state index in [9.17, 15) is 18.8 Å². The zero-order chi connectivity index (χ0) is 22.4. The van der Waals surface area contributed by atoms with Crippen LogP contribution in [0.4, 0.5) is 9.18 Å². The minimum atomic E-state index is -0.617. The summed E-state index contributed by atoms with van der Waals surface area (Å²) in [6.45, 7) is 3.88. The maximum atomic E-state index is 13.0. The van der Waals surface area contributed by atoms with Crippen molar-refractivity contribution in [3.05, 3.63) is 70.4 Å². The molecule has 1 aliphatic heterocycles. The minimum absolute atomic E-state index is 0.163. The second-order valence-corrected chi connectivity index (χ2v) is 8.33.